The Morgan fingerprint density at radius 1 is 1.33 bits per heavy atom. The summed E-state index contributed by atoms with van der Waals surface area (Å²) in [6.45, 7) is 3.76. The molecule has 1 aliphatic rings. The number of benzene rings is 1. The highest BCUT2D eigenvalue weighted by molar-refractivity contribution is 6.08. The van der Waals surface area contributed by atoms with Gasteiger partial charge in [-0.2, -0.15) is 0 Å². The Morgan fingerprint density at radius 3 is 2.70 bits per heavy atom. The topological polar surface area (TPSA) is 108 Å². The van der Waals surface area contributed by atoms with Gasteiger partial charge in [0.1, 0.15) is 5.70 Å². The van der Waals surface area contributed by atoms with Crippen molar-refractivity contribution in [2.75, 3.05) is 37.4 Å². The van der Waals surface area contributed by atoms with Crippen LogP contribution in [0.5, 0.6) is 0 Å². The Hall–Kier alpha value is -2.87. The summed E-state index contributed by atoms with van der Waals surface area (Å²) < 4.78 is 4.78. The minimum Gasteiger partial charge on any atom is -0.466 e. The molecule has 146 valence electrons. The minimum atomic E-state index is -0.601. The smallest absolute Gasteiger partial charge is 0.337 e. The molecule has 0 aromatic heterocycles. The van der Waals surface area contributed by atoms with Gasteiger partial charge in [-0.1, -0.05) is 13.0 Å². The normalized spacial score (nSPS) is 13.8. The lowest BCUT2D eigenvalue weighted by atomic mass is 10.1. The Morgan fingerprint density at radius 2 is 2.07 bits per heavy atom. The van der Waals surface area contributed by atoms with E-state index in [9.17, 15) is 14.4 Å². The van der Waals surface area contributed by atoms with Crippen LogP contribution in [0.2, 0.25) is 0 Å². The molecule has 0 bridgehead atoms. The molecule has 0 spiro atoms. The molecule has 1 aromatic carbocycles. The Kier molecular flexibility index (Phi) is 6.95. The van der Waals surface area contributed by atoms with E-state index in [2.05, 4.69) is 10.6 Å². The summed E-state index contributed by atoms with van der Waals surface area (Å²) in [6.07, 6.45) is 1.16. The molecular weight excluding hydrogens is 350 g/mol. The molecule has 2 rings (SSSR count). The maximum absolute atomic E-state index is 12.6. The number of amides is 2. The zero-order valence-electron chi connectivity index (χ0n) is 15.8. The monoisotopic (exact) mass is 375 g/mol. The van der Waals surface area contributed by atoms with Gasteiger partial charge in [0.25, 0.3) is 5.91 Å². The summed E-state index contributed by atoms with van der Waals surface area (Å²) in [6, 6.07) is 5.30. The van der Waals surface area contributed by atoms with E-state index in [1.807, 2.05) is 19.9 Å². The standard InChI is InChI=1S/C19H25N3O5/c1-4-5-16(24)20-13-7-6-12(2)15(10-13)21-17-14(19(26)27-3)11-22(8-9-23)18(17)25/h6-7,10,21,23H,4-5,8-9,11H2,1-3H3,(H,20,24). The molecule has 0 fully saturated rings. The molecular formula is C19H25N3O5. The summed E-state index contributed by atoms with van der Waals surface area (Å²) in [7, 11) is 1.25. The highest BCUT2D eigenvalue weighted by atomic mass is 16.5. The number of ether oxygens (including phenoxy) is 1. The number of aliphatic hydroxyl groups excluding tert-OH is 1. The molecule has 8 heteroatoms. The summed E-state index contributed by atoms with van der Waals surface area (Å²) in [5.41, 5.74) is 2.36. The van der Waals surface area contributed by atoms with Gasteiger partial charge in [-0.15, -0.1) is 0 Å². The number of rotatable bonds is 8. The van der Waals surface area contributed by atoms with Crippen LogP contribution in [0.4, 0.5) is 11.4 Å². The number of hydrogen-bond acceptors (Lipinski definition) is 6. The van der Waals surface area contributed by atoms with Gasteiger partial charge in [-0.3, -0.25) is 9.59 Å². The maximum atomic E-state index is 12.6. The fourth-order valence-electron chi connectivity index (χ4n) is 2.77. The van der Waals surface area contributed by atoms with Crippen molar-refractivity contribution < 1.29 is 24.2 Å². The van der Waals surface area contributed by atoms with Crippen molar-refractivity contribution in [2.24, 2.45) is 0 Å². The second kappa shape index (κ2) is 9.18. The minimum absolute atomic E-state index is 0.0698. The largest absolute Gasteiger partial charge is 0.466 e. The second-order valence-corrected chi connectivity index (χ2v) is 6.25. The van der Waals surface area contributed by atoms with Crippen molar-refractivity contribution in [1.29, 1.82) is 0 Å². The van der Waals surface area contributed by atoms with E-state index in [0.717, 1.165) is 12.0 Å². The SMILES string of the molecule is CCCC(=O)Nc1ccc(C)c(NC2=C(C(=O)OC)CN(CCO)C2=O)c1. The van der Waals surface area contributed by atoms with Crippen molar-refractivity contribution in [1.82, 2.24) is 4.90 Å². The number of β-amino-alcohol motifs (C(OH)–C–C–N with tert-alkyl or cyclic N) is 1. The van der Waals surface area contributed by atoms with Crippen molar-refractivity contribution in [2.45, 2.75) is 26.7 Å². The van der Waals surface area contributed by atoms with Crippen LogP contribution in [-0.4, -0.2) is 54.6 Å². The van der Waals surface area contributed by atoms with E-state index < -0.39 is 5.97 Å². The Balaban J connectivity index is 2.30. The summed E-state index contributed by atoms with van der Waals surface area (Å²) in [4.78, 5) is 37.9. The molecule has 0 radical (unpaired) electrons. The number of esters is 1. The van der Waals surface area contributed by atoms with Crippen LogP contribution >= 0.6 is 0 Å². The Labute approximate surface area is 158 Å². The number of anilines is 2. The lowest BCUT2D eigenvalue weighted by Crippen LogP contribution is -2.31. The highest BCUT2D eigenvalue weighted by Gasteiger charge is 2.34. The first-order valence-electron chi connectivity index (χ1n) is 8.80. The predicted octanol–water partition coefficient (Wildman–Crippen LogP) is 1.41. The number of carbonyl (C=O) groups excluding carboxylic acids is 3. The Bertz CT molecular complexity index is 773. The molecule has 2 amide bonds. The van der Waals surface area contributed by atoms with Crippen molar-refractivity contribution in [3.05, 3.63) is 35.0 Å². The molecule has 0 atom stereocenters. The van der Waals surface area contributed by atoms with Crippen LogP contribution < -0.4 is 10.6 Å². The average Bonchev–Trinajstić information content (AvgIpc) is 2.94. The third kappa shape index (κ3) is 4.85. The van der Waals surface area contributed by atoms with Crippen molar-refractivity contribution >= 4 is 29.2 Å². The summed E-state index contributed by atoms with van der Waals surface area (Å²) in [5.74, 6) is -1.08. The molecule has 0 saturated carbocycles. The molecule has 0 aliphatic carbocycles. The fourth-order valence-corrected chi connectivity index (χ4v) is 2.77. The molecule has 3 N–H and O–H groups in total. The van der Waals surface area contributed by atoms with Gasteiger partial charge in [-0.05, 0) is 31.0 Å². The lowest BCUT2D eigenvalue weighted by molar-refractivity contribution is -0.136. The van der Waals surface area contributed by atoms with Gasteiger partial charge < -0.3 is 25.4 Å². The third-order valence-electron chi connectivity index (χ3n) is 4.21. The van der Waals surface area contributed by atoms with E-state index >= 15 is 0 Å². The highest BCUT2D eigenvalue weighted by Crippen LogP contribution is 2.26. The zero-order chi connectivity index (χ0) is 20.0. The number of carbonyl (C=O) groups is 3. The number of hydrogen-bond donors (Lipinski definition) is 3. The van der Waals surface area contributed by atoms with E-state index in [1.165, 1.54) is 12.0 Å². The van der Waals surface area contributed by atoms with Gasteiger partial charge >= 0.3 is 5.97 Å². The van der Waals surface area contributed by atoms with E-state index in [1.54, 1.807) is 12.1 Å². The third-order valence-corrected chi connectivity index (χ3v) is 4.21. The molecule has 0 unspecified atom stereocenters. The van der Waals surface area contributed by atoms with E-state index in [4.69, 9.17) is 9.84 Å². The van der Waals surface area contributed by atoms with Gasteiger partial charge in [0, 0.05) is 24.3 Å². The average molecular weight is 375 g/mol. The molecule has 1 aliphatic heterocycles. The number of aliphatic hydroxyl groups is 1. The van der Waals surface area contributed by atoms with Gasteiger partial charge in [0.15, 0.2) is 0 Å². The lowest BCUT2D eigenvalue weighted by Gasteiger charge is -2.16. The van der Waals surface area contributed by atoms with E-state index in [0.29, 0.717) is 17.8 Å². The summed E-state index contributed by atoms with van der Waals surface area (Å²) >= 11 is 0. The number of nitrogens with one attached hydrogen (secondary N) is 2. The molecule has 1 aromatic rings. The van der Waals surface area contributed by atoms with Gasteiger partial charge in [0.05, 0.1) is 25.8 Å². The van der Waals surface area contributed by atoms with Crippen molar-refractivity contribution in [3.63, 3.8) is 0 Å². The quantitative estimate of drug-likeness (QED) is 0.593. The van der Waals surface area contributed by atoms with Gasteiger partial charge in [-0.25, -0.2) is 4.79 Å². The first-order chi connectivity index (χ1) is 12.9. The molecule has 8 nitrogen and oxygen atoms in total. The van der Waals surface area contributed by atoms with Crippen LogP contribution in [0.25, 0.3) is 0 Å². The number of nitrogens with zero attached hydrogens (tertiary/aromatic N) is 1. The zero-order valence-corrected chi connectivity index (χ0v) is 15.8. The number of aryl methyl sites for hydroxylation is 1. The summed E-state index contributed by atoms with van der Waals surface area (Å²) in [5, 5.41) is 14.9. The van der Waals surface area contributed by atoms with E-state index in [-0.39, 0.29) is 42.8 Å². The van der Waals surface area contributed by atoms with Crippen LogP contribution in [0.3, 0.4) is 0 Å². The second-order valence-electron chi connectivity index (χ2n) is 6.25. The van der Waals surface area contributed by atoms with Crippen LogP contribution in [0.1, 0.15) is 25.3 Å². The predicted molar refractivity (Wildman–Crippen MR) is 101 cm³/mol. The van der Waals surface area contributed by atoms with Crippen LogP contribution in [0, 0.1) is 6.92 Å². The molecule has 27 heavy (non-hydrogen) atoms. The fraction of sp³-hybridized carbons (Fsp3) is 0.421. The molecule has 1 heterocycles. The van der Waals surface area contributed by atoms with Crippen LogP contribution in [-0.2, 0) is 19.1 Å². The first kappa shape index (κ1) is 20.4. The van der Waals surface area contributed by atoms with Crippen molar-refractivity contribution in [3.8, 4) is 0 Å². The van der Waals surface area contributed by atoms with Gasteiger partial charge in [0.2, 0.25) is 5.91 Å². The molecule has 0 saturated heterocycles. The maximum Gasteiger partial charge on any atom is 0.337 e. The van der Waals surface area contributed by atoms with Crippen LogP contribution in [0.15, 0.2) is 29.5 Å². The first-order valence-corrected chi connectivity index (χ1v) is 8.80. The number of methoxy groups -OCH3 is 1.